The average Bonchev–Trinajstić information content (AvgIpc) is 3.26. The van der Waals surface area contributed by atoms with Crippen molar-refractivity contribution in [2.75, 3.05) is 0 Å². The Kier molecular flexibility index (Phi) is 13.1. The Morgan fingerprint density at radius 2 is 0.789 bits per heavy atom. The SMILES string of the molecule is Cc1ccc(/C=C/c2cc(/C=C/c3ccccc3)cc(/C=C/c3cc(C=O)cc(/C=C/C4=CC(/C=C/c5ccccc5)CC(/C=C/c5ccccc5)=C4)c3)c2)cc1. The minimum absolute atomic E-state index is 0.250. The standard InChI is InChI=1S/C56H46O/c1-43-17-19-47(20-18-43)24-28-51-34-50(27-23-46-15-9-4-10-16-46)37-53(38-51)30-32-55-39-54(40-56(41-55)42-57)31-29-52-35-48(25-21-44-11-5-2-6-12-44)33-49(36-52)26-22-45-13-7-3-8-14-45/h2-32,34-42,48H,33H2,1H3/b25-21+,26-22+,27-23+,28-24+,31-29+,32-30+. The number of aldehydes is 1. The molecule has 6 aromatic rings. The first-order valence-corrected chi connectivity index (χ1v) is 19.5. The van der Waals surface area contributed by atoms with Gasteiger partial charge in [0.05, 0.1) is 0 Å². The average molecular weight is 735 g/mol. The first-order valence-electron chi connectivity index (χ1n) is 19.5. The van der Waals surface area contributed by atoms with Gasteiger partial charge in [0.1, 0.15) is 6.29 Å². The lowest BCUT2D eigenvalue weighted by atomic mass is 9.88. The van der Waals surface area contributed by atoms with Gasteiger partial charge < -0.3 is 0 Å². The third-order valence-electron chi connectivity index (χ3n) is 9.74. The lowest BCUT2D eigenvalue weighted by Gasteiger charge is -2.16. The molecule has 57 heavy (non-hydrogen) atoms. The molecular weight excluding hydrogens is 689 g/mol. The second-order valence-electron chi connectivity index (χ2n) is 14.4. The molecule has 1 atom stereocenters. The van der Waals surface area contributed by atoms with Crippen LogP contribution in [0.2, 0.25) is 0 Å². The van der Waals surface area contributed by atoms with Crippen LogP contribution >= 0.6 is 0 Å². The van der Waals surface area contributed by atoms with Crippen molar-refractivity contribution in [2.45, 2.75) is 13.3 Å². The molecule has 7 rings (SSSR count). The fourth-order valence-electron chi connectivity index (χ4n) is 6.77. The molecule has 0 heterocycles. The molecular formula is C56H46O. The van der Waals surface area contributed by atoms with Gasteiger partial charge in [-0.05, 0) is 117 Å². The summed E-state index contributed by atoms with van der Waals surface area (Å²) in [6.45, 7) is 2.10. The molecule has 0 saturated carbocycles. The Hall–Kier alpha value is -7.09. The van der Waals surface area contributed by atoms with Gasteiger partial charge in [-0.1, -0.05) is 206 Å². The van der Waals surface area contributed by atoms with E-state index in [0.29, 0.717) is 5.56 Å². The van der Waals surface area contributed by atoms with Crippen LogP contribution in [0.5, 0.6) is 0 Å². The summed E-state index contributed by atoms with van der Waals surface area (Å²) in [7, 11) is 0. The maximum Gasteiger partial charge on any atom is 0.150 e. The summed E-state index contributed by atoms with van der Waals surface area (Å²) in [4.78, 5) is 12.1. The second kappa shape index (κ2) is 19.5. The molecule has 276 valence electrons. The number of carbonyl (C=O) groups excluding carboxylic acids is 1. The van der Waals surface area contributed by atoms with Gasteiger partial charge in [0.15, 0.2) is 0 Å². The van der Waals surface area contributed by atoms with Crippen LogP contribution in [-0.4, -0.2) is 6.29 Å². The van der Waals surface area contributed by atoms with Crippen LogP contribution in [0.1, 0.15) is 72.4 Å². The molecule has 0 bridgehead atoms. The summed E-state index contributed by atoms with van der Waals surface area (Å²) in [5.41, 5.74) is 14.2. The second-order valence-corrected chi connectivity index (χ2v) is 14.4. The third-order valence-corrected chi connectivity index (χ3v) is 9.74. The Labute approximate surface area is 338 Å². The predicted octanol–water partition coefficient (Wildman–Crippen LogP) is 14.6. The molecule has 0 radical (unpaired) electrons. The summed E-state index contributed by atoms with van der Waals surface area (Å²) in [6.07, 6.45) is 32.4. The molecule has 0 saturated heterocycles. The molecule has 1 heteroatoms. The predicted molar refractivity (Wildman–Crippen MR) is 247 cm³/mol. The first-order chi connectivity index (χ1) is 28.0. The lowest BCUT2D eigenvalue weighted by molar-refractivity contribution is 0.112. The van der Waals surface area contributed by atoms with E-state index < -0.39 is 0 Å². The van der Waals surface area contributed by atoms with Crippen molar-refractivity contribution in [1.82, 2.24) is 0 Å². The van der Waals surface area contributed by atoms with E-state index in [0.717, 1.165) is 57.2 Å². The highest BCUT2D eigenvalue weighted by atomic mass is 16.1. The number of aryl methyl sites for hydroxylation is 1. The number of rotatable bonds is 13. The zero-order valence-corrected chi connectivity index (χ0v) is 32.3. The van der Waals surface area contributed by atoms with E-state index in [-0.39, 0.29) is 5.92 Å². The van der Waals surface area contributed by atoms with Crippen LogP contribution in [0.3, 0.4) is 0 Å². The largest absolute Gasteiger partial charge is 0.298 e. The van der Waals surface area contributed by atoms with Crippen molar-refractivity contribution in [3.63, 3.8) is 0 Å². The highest BCUT2D eigenvalue weighted by molar-refractivity contribution is 5.82. The summed E-state index contributed by atoms with van der Waals surface area (Å²) in [6, 6.07) is 52.4. The van der Waals surface area contributed by atoms with E-state index in [1.54, 1.807) is 0 Å². The topological polar surface area (TPSA) is 17.1 Å². The molecule has 1 unspecified atom stereocenters. The van der Waals surface area contributed by atoms with E-state index in [1.165, 1.54) is 22.3 Å². The normalized spacial score (nSPS) is 14.7. The smallest absolute Gasteiger partial charge is 0.150 e. The molecule has 6 aromatic carbocycles. The van der Waals surface area contributed by atoms with E-state index >= 15 is 0 Å². The number of allylic oxidation sites excluding steroid dienone is 7. The highest BCUT2D eigenvalue weighted by Crippen LogP contribution is 2.28. The van der Waals surface area contributed by atoms with Crippen LogP contribution in [0.4, 0.5) is 0 Å². The Bertz CT molecular complexity index is 2520. The number of hydrogen-bond acceptors (Lipinski definition) is 1. The van der Waals surface area contributed by atoms with Gasteiger partial charge in [-0.3, -0.25) is 4.79 Å². The molecule has 0 aliphatic heterocycles. The van der Waals surface area contributed by atoms with Gasteiger partial charge in [0.2, 0.25) is 0 Å². The van der Waals surface area contributed by atoms with Crippen molar-refractivity contribution >= 4 is 61.0 Å². The van der Waals surface area contributed by atoms with E-state index in [9.17, 15) is 4.79 Å². The third kappa shape index (κ3) is 11.9. The minimum atomic E-state index is 0.250. The summed E-state index contributed by atoms with van der Waals surface area (Å²) >= 11 is 0. The van der Waals surface area contributed by atoms with Crippen LogP contribution in [0.15, 0.2) is 193 Å². The Balaban J connectivity index is 1.15. The zero-order chi connectivity index (χ0) is 39.1. The summed E-state index contributed by atoms with van der Waals surface area (Å²) in [5, 5.41) is 0. The van der Waals surface area contributed by atoms with Gasteiger partial charge in [0, 0.05) is 5.56 Å². The van der Waals surface area contributed by atoms with Gasteiger partial charge >= 0.3 is 0 Å². The van der Waals surface area contributed by atoms with Crippen molar-refractivity contribution < 1.29 is 4.79 Å². The van der Waals surface area contributed by atoms with Crippen molar-refractivity contribution in [2.24, 2.45) is 5.92 Å². The molecule has 0 aromatic heterocycles. The van der Waals surface area contributed by atoms with Gasteiger partial charge in [0.25, 0.3) is 0 Å². The molecule has 1 aliphatic carbocycles. The number of carbonyl (C=O) groups is 1. The van der Waals surface area contributed by atoms with Crippen LogP contribution < -0.4 is 0 Å². The molecule has 0 amide bonds. The van der Waals surface area contributed by atoms with E-state index in [4.69, 9.17) is 0 Å². The monoisotopic (exact) mass is 734 g/mol. The van der Waals surface area contributed by atoms with Crippen molar-refractivity contribution in [1.29, 1.82) is 0 Å². The quantitative estimate of drug-likeness (QED) is 0.0853. The zero-order valence-electron chi connectivity index (χ0n) is 32.3. The minimum Gasteiger partial charge on any atom is -0.298 e. The molecule has 0 N–H and O–H groups in total. The fourth-order valence-corrected chi connectivity index (χ4v) is 6.77. The molecule has 0 fully saturated rings. The van der Waals surface area contributed by atoms with E-state index in [1.807, 2.05) is 30.3 Å². The highest BCUT2D eigenvalue weighted by Gasteiger charge is 2.11. The Morgan fingerprint density at radius 3 is 1.26 bits per heavy atom. The molecule has 0 spiro atoms. The maximum atomic E-state index is 12.1. The lowest BCUT2D eigenvalue weighted by Crippen LogP contribution is -2.01. The summed E-state index contributed by atoms with van der Waals surface area (Å²) < 4.78 is 0. The van der Waals surface area contributed by atoms with E-state index in [2.05, 4.69) is 213 Å². The van der Waals surface area contributed by atoms with Gasteiger partial charge in [-0.25, -0.2) is 0 Å². The van der Waals surface area contributed by atoms with Gasteiger partial charge in [-0.2, -0.15) is 0 Å². The van der Waals surface area contributed by atoms with Crippen LogP contribution in [-0.2, 0) is 0 Å². The first kappa shape index (κ1) is 38.2. The Morgan fingerprint density at radius 1 is 0.404 bits per heavy atom. The van der Waals surface area contributed by atoms with Crippen molar-refractivity contribution in [3.8, 4) is 0 Å². The van der Waals surface area contributed by atoms with Gasteiger partial charge in [-0.15, -0.1) is 0 Å². The van der Waals surface area contributed by atoms with Crippen LogP contribution in [0.25, 0.3) is 54.7 Å². The van der Waals surface area contributed by atoms with Crippen LogP contribution in [0, 0.1) is 12.8 Å². The number of hydrogen-bond donors (Lipinski definition) is 0. The molecule has 1 aliphatic rings. The fraction of sp³-hybridized carbons (Fsp3) is 0.0536. The molecule has 1 nitrogen and oxygen atoms in total. The van der Waals surface area contributed by atoms with Crippen molar-refractivity contribution in [3.05, 3.63) is 254 Å². The summed E-state index contributed by atoms with van der Waals surface area (Å²) in [5.74, 6) is 0.250. The number of benzene rings is 6. The maximum absolute atomic E-state index is 12.1.